The first-order chi connectivity index (χ1) is 12.3. The summed E-state index contributed by atoms with van der Waals surface area (Å²) in [6.45, 7) is 0. The Kier molecular flexibility index (Phi) is 4.60. The van der Waals surface area contributed by atoms with Crippen LogP contribution in [-0.2, 0) is 18.3 Å². The van der Waals surface area contributed by atoms with Crippen molar-refractivity contribution in [2.45, 2.75) is 18.9 Å². The van der Waals surface area contributed by atoms with Gasteiger partial charge < -0.3 is 10.8 Å². The Bertz CT molecular complexity index is 1040. The van der Waals surface area contributed by atoms with Crippen LogP contribution in [-0.4, -0.2) is 26.3 Å². The number of nitrogens with two attached hydrogens (primary N) is 1. The molecular weight excluding hydrogens is 344 g/mol. The van der Waals surface area contributed by atoms with Gasteiger partial charge in [-0.1, -0.05) is 12.1 Å². The molecule has 0 saturated heterocycles. The highest BCUT2D eigenvalue weighted by Gasteiger charge is 2.18. The van der Waals surface area contributed by atoms with Gasteiger partial charge >= 0.3 is 11.7 Å². The fourth-order valence-electron chi connectivity index (χ4n) is 2.88. The van der Waals surface area contributed by atoms with E-state index < -0.39 is 29.3 Å². The second-order valence-electron chi connectivity index (χ2n) is 6.06. The summed E-state index contributed by atoms with van der Waals surface area (Å²) in [5.41, 5.74) is 6.50. The van der Waals surface area contributed by atoms with Gasteiger partial charge in [0.2, 0.25) is 0 Å². The van der Waals surface area contributed by atoms with E-state index >= 15 is 0 Å². The van der Waals surface area contributed by atoms with Gasteiger partial charge in [-0.25, -0.2) is 13.6 Å². The lowest BCUT2D eigenvalue weighted by atomic mass is 10.1. The predicted molar refractivity (Wildman–Crippen MR) is 92.4 cm³/mol. The van der Waals surface area contributed by atoms with Crippen molar-refractivity contribution in [3.05, 3.63) is 64.1 Å². The van der Waals surface area contributed by atoms with Crippen molar-refractivity contribution in [2.24, 2.45) is 12.8 Å². The number of imidazole rings is 1. The van der Waals surface area contributed by atoms with E-state index in [4.69, 9.17) is 10.8 Å². The summed E-state index contributed by atoms with van der Waals surface area (Å²) < 4.78 is 29.9. The molecule has 0 aliphatic rings. The number of aryl methyl sites for hydroxylation is 2. The minimum absolute atomic E-state index is 0.105. The van der Waals surface area contributed by atoms with Crippen LogP contribution >= 0.6 is 0 Å². The topological polar surface area (TPSA) is 90.3 Å². The third-order valence-electron chi connectivity index (χ3n) is 4.36. The summed E-state index contributed by atoms with van der Waals surface area (Å²) in [6, 6.07) is 8.23. The van der Waals surface area contributed by atoms with Gasteiger partial charge in [-0.3, -0.25) is 13.9 Å². The summed E-state index contributed by atoms with van der Waals surface area (Å²) in [4.78, 5) is 23.2. The fraction of sp³-hybridized carbons (Fsp3) is 0.222. The number of rotatable bonds is 5. The number of hydrogen-bond acceptors (Lipinski definition) is 3. The zero-order chi connectivity index (χ0) is 19.0. The Hall–Kier alpha value is -3.00. The van der Waals surface area contributed by atoms with Gasteiger partial charge in [-0.05, 0) is 42.7 Å². The maximum atomic E-state index is 14.1. The van der Waals surface area contributed by atoms with Gasteiger partial charge in [-0.15, -0.1) is 0 Å². The lowest BCUT2D eigenvalue weighted by Crippen LogP contribution is -2.30. The van der Waals surface area contributed by atoms with Crippen LogP contribution in [0.15, 0.2) is 41.2 Å². The number of benzene rings is 2. The first-order valence-electron chi connectivity index (χ1n) is 7.94. The molecule has 0 radical (unpaired) electrons. The molecule has 1 aromatic heterocycles. The quantitative estimate of drug-likeness (QED) is 0.727. The van der Waals surface area contributed by atoms with Crippen molar-refractivity contribution in [3.8, 4) is 5.69 Å². The van der Waals surface area contributed by atoms with Crippen molar-refractivity contribution >= 4 is 17.0 Å². The van der Waals surface area contributed by atoms with Crippen LogP contribution in [0.25, 0.3) is 16.7 Å². The molecule has 136 valence electrons. The molecule has 0 bridgehead atoms. The highest BCUT2D eigenvalue weighted by atomic mass is 19.2. The van der Waals surface area contributed by atoms with Crippen LogP contribution in [0.5, 0.6) is 0 Å². The van der Waals surface area contributed by atoms with Crippen molar-refractivity contribution in [3.63, 3.8) is 0 Å². The lowest BCUT2D eigenvalue weighted by Gasteiger charge is -2.08. The van der Waals surface area contributed by atoms with Crippen LogP contribution < -0.4 is 11.4 Å². The van der Waals surface area contributed by atoms with E-state index in [9.17, 15) is 18.4 Å². The number of hydrogen-bond donors (Lipinski definition) is 2. The Morgan fingerprint density at radius 2 is 1.85 bits per heavy atom. The molecule has 3 rings (SSSR count). The Morgan fingerprint density at radius 1 is 1.19 bits per heavy atom. The summed E-state index contributed by atoms with van der Waals surface area (Å²) in [5.74, 6) is -3.14. The molecular formula is C18H17F2N3O3. The molecule has 6 nitrogen and oxygen atoms in total. The zero-order valence-corrected chi connectivity index (χ0v) is 13.9. The number of carboxylic acid groups (broad SMARTS) is 1. The molecule has 0 unspecified atom stereocenters. The zero-order valence-electron chi connectivity index (χ0n) is 13.9. The molecule has 0 spiro atoms. The molecule has 0 aliphatic heterocycles. The van der Waals surface area contributed by atoms with Crippen molar-refractivity contribution in [1.82, 2.24) is 9.13 Å². The van der Waals surface area contributed by atoms with Gasteiger partial charge in [0, 0.05) is 7.05 Å². The van der Waals surface area contributed by atoms with E-state index in [2.05, 4.69) is 0 Å². The van der Waals surface area contributed by atoms with Gasteiger partial charge in [0.25, 0.3) is 0 Å². The van der Waals surface area contributed by atoms with Crippen LogP contribution in [0, 0.1) is 11.6 Å². The van der Waals surface area contributed by atoms with Crippen LogP contribution in [0.4, 0.5) is 8.78 Å². The first-order valence-corrected chi connectivity index (χ1v) is 7.94. The van der Waals surface area contributed by atoms with E-state index in [0.717, 1.165) is 16.2 Å². The highest BCUT2D eigenvalue weighted by molar-refractivity contribution is 5.79. The van der Waals surface area contributed by atoms with E-state index in [0.29, 0.717) is 12.1 Å². The maximum absolute atomic E-state index is 14.1. The summed E-state index contributed by atoms with van der Waals surface area (Å²) in [6.07, 6.45) is 0.755. The van der Waals surface area contributed by atoms with Crippen molar-refractivity contribution in [1.29, 1.82) is 0 Å². The maximum Gasteiger partial charge on any atom is 0.333 e. The highest BCUT2D eigenvalue weighted by Crippen LogP contribution is 2.22. The number of carboxylic acids is 1. The standard InChI is InChI=1S/C18H17F2N3O3/c1-22-16-14(9-7-12(19)15(16)20)23(18(22)26)11-5-2-10(3-6-11)4-8-13(21)17(24)25/h2-3,5-7,9,13H,4,8,21H2,1H3,(H,24,25)/t13-/m0/s1. The summed E-state index contributed by atoms with van der Waals surface area (Å²) >= 11 is 0. The largest absolute Gasteiger partial charge is 0.480 e. The number of halogens is 2. The Labute approximate surface area is 147 Å². The third kappa shape index (κ3) is 2.99. The van der Waals surface area contributed by atoms with Crippen LogP contribution in [0.1, 0.15) is 12.0 Å². The second-order valence-corrected chi connectivity index (χ2v) is 6.06. The minimum Gasteiger partial charge on any atom is -0.480 e. The smallest absolute Gasteiger partial charge is 0.333 e. The first kappa shape index (κ1) is 17.8. The van der Waals surface area contributed by atoms with Gasteiger partial charge in [0.1, 0.15) is 11.6 Å². The minimum atomic E-state index is -1.07. The third-order valence-corrected chi connectivity index (χ3v) is 4.36. The molecule has 2 aromatic carbocycles. The number of carbonyl (C=O) groups is 1. The Morgan fingerprint density at radius 3 is 2.46 bits per heavy atom. The average Bonchev–Trinajstić information content (AvgIpc) is 2.88. The molecule has 3 aromatic rings. The fourth-order valence-corrected chi connectivity index (χ4v) is 2.88. The summed E-state index contributed by atoms with van der Waals surface area (Å²) in [5, 5.41) is 8.81. The van der Waals surface area contributed by atoms with Gasteiger partial charge in [0.15, 0.2) is 11.6 Å². The molecule has 0 saturated carbocycles. The van der Waals surface area contributed by atoms with Crippen LogP contribution in [0.2, 0.25) is 0 Å². The van der Waals surface area contributed by atoms with E-state index in [-0.39, 0.29) is 17.5 Å². The molecule has 0 amide bonds. The molecule has 8 heteroatoms. The second kappa shape index (κ2) is 6.72. The van der Waals surface area contributed by atoms with Crippen LogP contribution in [0.3, 0.4) is 0 Å². The number of aromatic nitrogens is 2. The van der Waals surface area contributed by atoms with E-state index in [1.54, 1.807) is 24.3 Å². The molecule has 1 heterocycles. The lowest BCUT2D eigenvalue weighted by molar-refractivity contribution is -0.138. The average molecular weight is 361 g/mol. The number of fused-ring (bicyclic) bond motifs is 1. The molecule has 3 N–H and O–H groups in total. The van der Waals surface area contributed by atoms with Gasteiger partial charge in [0.05, 0.1) is 11.2 Å². The van der Waals surface area contributed by atoms with E-state index in [1.165, 1.54) is 17.7 Å². The van der Waals surface area contributed by atoms with Gasteiger partial charge in [-0.2, -0.15) is 0 Å². The predicted octanol–water partition coefficient (Wildman–Crippen LogP) is 1.95. The monoisotopic (exact) mass is 361 g/mol. The SMILES string of the molecule is Cn1c(=O)n(-c2ccc(CC[C@H](N)C(=O)O)cc2)c2ccc(F)c(F)c21. The van der Waals surface area contributed by atoms with Crippen molar-refractivity contribution in [2.75, 3.05) is 0 Å². The molecule has 0 fully saturated rings. The Balaban J connectivity index is 1.98. The molecule has 1 atom stereocenters. The molecule has 0 aliphatic carbocycles. The van der Waals surface area contributed by atoms with E-state index in [1.807, 2.05) is 0 Å². The number of aliphatic carboxylic acids is 1. The van der Waals surface area contributed by atoms with Crippen molar-refractivity contribution < 1.29 is 18.7 Å². The molecule has 26 heavy (non-hydrogen) atoms. The summed E-state index contributed by atoms with van der Waals surface area (Å²) in [7, 11) is 1.38. The number of nitrogens with zero attached hydrogens (tertiary/aromatic N) is 2. The normalized spacial score (nSPS) is 12.5.